The Labute approximate surface area is 213 Å². The number of ether oxygens (including phenoxy) is 2. The van der Waals surface area contributed by atoms with Crippen molar-refractivity contribution in [3.05, 3.63) is 59.9 Å². The molecule has 6 nitrogen and oxygen atoms in total. The molecule has 1 aliphatic heterocycles. The van der Waals surface area contributed by atoms with Crippen molar-refractivity contribution in [1.29, 1.82) is 0 Å². The Hall–Kier alpha value is -2.48. The number of para-hydroxylation sites is 1. The number of rotatable bonds is 10. The van der Waals surface area contributed by atoms with Gasteiger partial charge in [0.05, 0.1) is 5.60 Å². The van der Waals surface area contributed by atoms with E-state index in [2.05, 4.69) is 0 Å². The predicted octanol–water partition coefficient (Wildman–Crippen LogP) is 4.99. The number of piperidine rings is 1. The van der Waals surface area contributed by atoms with Gasteiger partial charge in [0.1, 0.15) is 17.3 Å². The second kappa shape index (κ2) is 12.2. The number of hydrogen-bond acceptors (Lipinski definition) is 5. The van der Waals surface area contributed by atoms with Gasteiger partial charge in [-0.15, -0.1) is 0 Å². The van der Waals surface area contributed by atoms with Gasteiger partial charge < -0.3 is 25.2 Å². The Balaban J connectivity index is 1.60. The van der Waals surface area contributed by atoms with Gasteiger partial charge in [-0.2, -0.15) is 0 Å². The first-order valence-corrected chi connectivity index (χ1v) is 13.2. The lowest BCUT2D eigenvalue weighted by Gasteiger charge is -2.44. The number of likely N-dealkylation sites (tertiary alicyclic amines) is 1. The van der Waals surface area contributed by atoms with Crippen LogP contribution in [-0.4, -0.2) is 48.8 Å². The van der Waals surface area contributed by atoms with Crippen LogP contribution in [0.5, 0.6) is 11.5 Å². The average Bonchev–Trinajstić information content (AvgIpc) is 3.32. The third-order valence-corrected chi connectivity index (χ3v) is 7.76. The predicted molar refractivity (Wildman–Crippen MR) is 137 cm³/mol. The molecule has 1 aliphatic carbocycles. The van der Waals surface area contributed by atoms with Crippen molar-refractivity contribution in [3.8, 4) is 11.5 Å². The zero-order valence-corrected chi connectivity index (χ0v) is 21.2. The van der Waals surface area contributed by atoms with Crippen LogP contribution in [0.4, 0.5) is 4.39 Å². The van der Waals surface area contributed by atoms with Crippen molar-refractivity contribution in [2.45, 2.75) is 63.0 Å². The van der Waals surface area contributed by atoms with Gasteiger partial charge >= 0.3 is 0 Å². The second-order valence-corrected chi connectivity index (χ2v) is 10.3. The number of benzene rings is 2. The van der Waals surface area contributed by atoms with Crippen LogP contribution in [0.25, 0.3) is 0 Å². The van der Waals surface area contributed by atoms with Crippen LogP contribution < -0.4 is 10.5 Å². The van der Waals surface area contributed by atoms with Crippen molar-refractivity contribution in [2.24, 2.45) is 17.6 Å². The quantitative estimate of drug-likeness (QED) is 0.451. The van der Waals surface area contributed by atoms with Crippen LogP contribution in [0.2, 0.25) is 0 Å². The number of unbranched alkanes of at least 4 members (excludes halogenated alkanes) is 1. The molecule has 196 valence electrons. The van der Waals surface area contributed by atoms with Gasteiger partial charge in [-0.25, -0.2) is 4.39 Å². The smallest absolute Gasteiger partial charge is 0.225 e. The Morgan fingerprint density at radius 1 is 1.17 bits per heavy atom. The number of carbonyl (C=O) groups is 1. The molecule has 1 saturated carbocycles. The van der Waals surface area contributed by atoms with Crippen molar-refractivity contribution < 1.29 is 23.8 Å². The molecule has 2 aromatic carbocycles. The fraction of sp³-hybridized carbons (Fsp3) is 0.552. The van der Waals surface area contributed by atoms with Gasteiger partial charge in [-0.3, -0.25) is 4.79 Å². The highest BCUT2D eigenvalue weighted by atomic mass is 19.1. The zero-order chi connectivity index (χ0) is 25.5. The minimum atomic E-state index is -1.21. The number of halogens is 1. The van der Waals surface area contributed by atoms with Crippen LogP contribution in [-0.2, 0) is 15.1 Å². The Kier molecular flexibility index (Phi) is 8.99. The van der Waals surface area contributed by atoms with E-state index in [0.29, 0.717) is 43.2 Å². The lowest BCUT2D eigenvalue weighted by Crippen LogP contribution is -2.49. The molecule has 2 aliphatic rings. The molecule has 0 bridgehead atoms. The minimum Gasteiger partial charge on any atom is -0.457 e. The monoisotopic (exact) mass is 498 g/mol. The van der Waals surface area contributed by atoms with Crippen LogP contribution >= 0.6 is 0 Å². The van der Waals surface area contributed by atoms with Crippen molar-refractivity contribution >= 4 is 5.91 Å². The second-order valence-electron chi connectivity index (χ2n) is 10.3. The first-order chi connectivity index (χ1) is 17.4. The molecular formula is C29H39FN2O4. The van der Waals surface area contributed by atoms with Crippen LogP contribution in [0.15, 0.2) is 48.5 Å². The molecule has 0 radical (unpaired) electrons. The van der Waals surface area contributed by atoms with Crippen LogP contribution in [0.1, 0.15) is 56.9 Å². The van der Waals surface area contributed by atoms with Gasteiger partial charge in [0, 0.05) is 56.3 Å². The third-order valence-electron chi connectivity index (χ3n) is 7.76. The lowest BCUT2D eigenvalue weighted by molar-refractivity contribution is -0.141. The topological polar surface area (TPSA) is 85.0 Å². The molecule has 1 amide bonds. The highest BCUT2D eigenvalue weighted by molar-refractivity contribution is 5.79. The van der Waals surface area contributed by atoms with Gasteiger partial charge in [0.2, 0.25) is 5.91 Å². The molecule has 1 saturated heterocycles. The van der Waals surface area contributed by atoms with E-state index in [1.807, 2.05) is 29.2 Å². The first-order valence-electron chi connectivity index (χ1n) is 13.2. The molecule has 4 atom stereocenters. The van der Waals surface area contributed by atoms with Crippen molar-refractivity contribution in [3.63, 3.8) is 0 Å². The van der Waals surface area contributed by atoms with E-state index in [0.717, 1.165) is 44.9 Å². The van der Waals surface area contributed by atoms with Crippen LogP contribution in [0, 0.1) is 17.7 Å². The standard InChI is InChI=1S/C29H39FN2O4/c1-35-17-5-4-15-29(34,22-8-7-16-32(20-22)28(33)21-13-14-24(31)18-21)26-11-2-3-12-27(26)36-25-10-6-9-23(30)19-25/h2-3,6,9-12,19,21-22,24,34H,4-5,7-8,13-18,20,31H2,1H3. The Bertz CT molecular complexity index is 1020. The Morgan fingerprint density at radius 2 is 2.00 bits per heavy atom. The minimum absolute atomic E-state index is 0.0165. The molecule has 0 spiro atoms. The largest absolute Gasteiger partial charge is 0.457 e. The molecule has 3 N–H and O–H groups in total. The van der Waals surface area contributed by atoms with E-state index in [1.54, 1.807) is 19.2 Å². The summed E-state index contributed by atoms with van der Waals surface area (Å²) in [6.07, 6.45) is 6.22. The number of nitrogens with two attached hydrogens (primary N) is 1. The summed E-state index contributed by atoms with van der Waals surface area (Å²) in [5.74, 6) is 0.499. The molecule has 7 heteroatoms. The van der Waals surface area contributed by atoms with Gasteiger partial charge in [-0.05, 0) is 69.6 Å². The number of methoxy groups -OCH3 is 1. The van der Waals surface area contributed by atoms with E-state index >= 15 is 0 Å². The number of aliphatic hydroxyl groups is 1. The molecule has 2 fully saturated rings. The molecular weight excluding hydrogens is 459 g/mol. The molecule has 0 aromatic heterocycles. The number of carbonyl (C=O) groups excluding carboxylic acids is 1. The fourth-order valence-electron chi connectivity index (χ4n) is 5.84. The molecule has 1 heterocycles. The summed E-state index contributed by atoms with van der Waals surface area (Å²) < 4.78 is 25.2. The van der Waals surface area contributed by atoms with E-state index < -0.39 is 5.60 Å². The van der Waals surface area contributed by atoms with Crippen molar-refractivity contribution in [2.75, 3.05) is 26.8 Å². The summed E-state index contributed by atoms with van der Waals surface area (Å²) in [7, 11) is 1.67. The highest BCUT2D eigenvalue weighted by Crippen LogP contribution is 2.44. The van der Waals surface area contributed by atoms with Crippen molar-refractivity contribution in [1.82, 2.24) is 4.90 Å². The number of amides is 1. The number of nitrogens with zero attached hydrogens (tertiary/aromatic N) is 1. The fourth-order valence-corrected chi connectivity index (χ4v) is 5.84. The molecule has 36 heavy (non-hydrogen) atoms. The normalized spacial score (nSPS) is 23.9. The van der Waals surface area contributed by atoms with Gasteiger partial charge in [-0.1, -0.05) is 24.3 Å². The summed E-state index contributed by atoms with van der Waals surface area (Å²) in [5.41, 5.74) is 5.54. The molecule has 2 aromatic rings. The summed E-state index contributed by atoms with van der Waals surface area (Å²) in [6.45, 7) is 1.83. The molecule has 4 unspecified atom stereocenters. The van der Waals surface area contributed by atoms with Gasteiger partial charge in [0.15, 0.2) is 0 Å². The first kappa shape index (κ1) is 26.6. The van der Waals surface area contributed by atoms with E-state index in [-0.39, 0.29) is 29.6 Å². The SMILES string of the molecule is COCCCCC(O)(c1ccccc1Oc1cccc(F)c1)C1CCCN(C(=O)C2CCC(N)C2)C1. The van der Waals surface area contributed by atoms with E-state index in [9.17, 15) is 14.3 Å². The number of hydrogen-bond donors (Lipinski definition) is 2. The summed E-state index contributed by atoms with van der Waals surface area (Å²) in [4.78, 5) is 15.2. The molecule has 4 rings (SSSR count). The third kappa shape index (κ3) is 6.25. The summed E-state index contributed by atoms with van der Waals surface area (Å²) in [5, 5.41) is 12.4. The van der Waals surface area contributed by atoms with E-state index in [4.69, 9.17) is 15.2 Å². The lowest BCUT2D eigenvalue weighted by atomic mass is 9.73. The zero-order valence-electron chi connectivity index (χ0n) is 21.2. The van der Waals surface area contributed by atoms with E-state index in [1.165, 1.54) is 12.1 Å². The van der Waals surface area contributed by atoms with Crippen LogP contribution in [0.3, 0.4) is 0 Å². The highest BCUT2D eigenvalue weighted by Gasteiger charge is 2.44. The average molecular weight is 499 g/mol. The Morgan fingerprint density at radius 3 is 2.75 bits per heavy atom. The summed E-state index contributed by atoms with van der Waals surface area (Å²) >= 11 is 0. The van der Waals surface area contributed by atoms with Gasteiger partial charge in [0.25, 0.3) is 0 Å². The maximum atomic E-state index is 13.8. The maximum absolute atomic E-state index is 13.8. The maximum Gasteiger partial charge on any atom is 0.225 e. The summed E-state index contributed by atoms with van der Waals surface area (Å²) in [6, 6.07) is 13.5.